The lowest BCUT2D eigenvalue weighted by atomic mass is 10.2. The molecule has 1 aromatic carbocycles. The number of rotatable bonds is 7. The molecule has 0 aliphatic heterocycles. The van der Waals surface area contributed by atoms with Crippen LogP contribution in [0.5, 0.6) is 0 Å². The van der Waals surface area contributed by atoms with Gasteiger partial charge in [0.15, 0.2) is 0 Å². The number of nitrogens with one attached hydrogen (secondary N) is 1. The van der Waals surface area contributed by atoms with Crippen molar-refractivity contribution in [1.29, 1.82) is 0 Å². The monoisotopic (exact) mass is 333 g/mol. The molecule has 0 spiro atoms. The van der Waals surface area contributed by atoms with Crippen molar-refractivity contribution in [1.82, 2.24) is 5.32 Å². The van der Waals surface area contributed by atoms with Gasteiger partial charge < -0.3 is 10.1 Å². The summed E-state index contributed by atoms with van der Waals surface area (Å²) >= 11 is -0.200. The number of alkyl halides is 6. The number of benzene rings is 1. The Morgan fingerprint density at radius 2 is 1.62 bits per heavy atom. The molecule has 0 aromatic heterocycles. The molecule has 120 valence electrons. The van der Waals surface area contributed by atoms with Gasteiger partial charge in [-0.05, 0) is 29.5 Å². The Labute approximate surface area is 121 Å². The lowest BCUT2D eigenvalue weighted by molar-refractivity contribution is -0.173. The minimum absolute atomic E-state index is 0.0831. The van der Waals surface area contributed by atoms with Crippen molar-refractivity contribution in [2.24, 2.45) is 0 Å². The van der Waals surface area contributed by atoms with E-state index in [2.05, 4.69) is 10.1 Å². The summed E-state index contributed by atoms with van der Waals surface area (Å²) in [6.45, 7) is -0.832. The van der Waals surface area contributed by atoms with Gasteiger partial charge in [-0.1, -0.05) is 12.1 Å². The van der Waals surface area contributed by atoms with Gasteiger partial charge in [0, 0.05) is 18.0 Å². The summed E-state index contributed by atoms with van der Waals surface area (Å²) in [5.41, 5.74) is -3.59. The fraction of sp³-hybridized carbons (Fsp3) is 0.500. The van der Waals surface area contributed by atoms with E-state index in [1.165, 1.54) is 24.3 Å². The van der Waals surface area contributed by atoms with Gasteiger partial charge in [0.25, 0.3) is 0 Å². The van der Waals surface area contributed by atoms with Crippen molar-refractivity contribution in [2.45, 2.75) is 23.1 Å². The van der Waals surface area contributed by atoms with Crippen LogP contribution in [0.2, 0.25) is 0 Å². The Morgan fingerprint density at radius 1 is 1.00 bits per heavy atom. The van der Waals surface area contributed by atoms with E-state index in [0.29, 0.717) is 6.54 Å². The summed E-state index contributed by atoms with van der Waals surface area (Å²) in [7, 11) is 0. The van der Waals surface area contributed by atoms with E-state index < -0.39 is 18.3 Å². The van der Waals surface area contributed by atoms with Crippen molar-refractivity contribution in [3.63, 3.8) is 0 Å². The van der Waals surface area contributed by atoms with Gasteiger partial charge in [-0.3, -0.25) is 0 Å². The Morgan fingerprint density at radius 3 is 2.14 bits per heavy atom. The van der Waals surface area contributed by atoms with Crippen molar-refractivity contribution >= 4 is 11.8 Å². The molecule has 0 radical (unpaired) electrons. The van der Waals surface area contributed by atoms with E-state index in [9.17, 15) is 26.3 Å². The summed E-state index contributed by atoms with van der Waals surface area (Å²) < 4.78 is 76.0. The minimum atomic E-state index is -4.34. The zero-order valence-electron chi connectivity index (χ0n) is 10.7. The second-order valence-corrected chi connectivity index (χ2v) is 5.17. The van der Waals surface area contributed by atoms with Crippen molar-refractivity contribution in [3.8, 4) is 0 Å². The second-order valence-electron chi connectivity index (χ2n) is 4.04. The molecule has 1 N–H and O–H groups in total. The van der Waals surface area contributed by atoms with Crippen LogP contribution < -0.4 is 5.32 Å². The fourth-order valence-electron chi connectivity index (χ4n) is 1.37. The molecule has 1 rings (SSSR count). The number of hydrogen-bond acceptors (Lipinski definition) is 3. The molecular formula is C12H13F6NOS. The third kappa shape index (κ3) is 9.59. The van der Waals surface area contributed by atoms with Crippen LogP contribution in [0, 0.1) is 0 Å². The average molecular weight is 333 g/mol. The van der Waals surface area contributed by atoms with Gasteiger partial charge in [-0.2, -0.15) is 26.3 Å². The highest BCUT2D eigenvalue weighted by atomic mass is 32.2. The Balaban J connectivity index is 2.21. The molecule has 0 unspecified atom stereocenters. The number of thioether (sulfide) groups is 1. The van der Waals surface area contributed by atoms with Gasteiger partial charge >= 0.3 is 11.7 Å². The summed E-state index contributed by atoms with van der Waals surface area (Å²) in [6, 6.07) is 5.74. The molecule has 0 atom stereocenters. The highest BCUT2D eigenvalue weighted by Crippen LogP contribution is 2.36. The molecule has 9 heteroatoms. The quantitative estimate of drug-likeness (QED) is 0.463. The molecule has 1 aromatic rings. The molecular weight excluding hydrogens is 320 g/mol. The van der Waals surface area contributed by atoms with Crippen molar-refractivity contribution in [3.05, 3.63) is 29.8 Å². The molecule has 0 bridgehead atoms. The topological polar surface area (TPSA) is 21.3 Å². The molecule has 0 saturated carbocycles. The van der Waals surface area contributed by atoms with Crippen LogP contribution in [-0.4, -0.2) is 31.4 Å². The van der Waals surface area contributed by atoms with E-state index in [1.807, 2.05) is 0 Å². The van der Waals surface area contributed by atoms with Crippen LogP contribution in [0.3, 0.4) is 0 Å². The van der Waals surface area contributed by atoms with Crippen LogP contribution in [0.15, 0.2) is 29.2 Å². The molecule has 2 nitrogen and oxygen atoms in total. The van der Waals surface area contributed by atoms with Gasteiger partial charge in [0.1, 0.15) is 6.61 Å². The largest absolute Gasteiger partial charge is 0.446 e. The first kappa shape index (κ1) is 18.1. The second kappa shape index (κ2) is 7.90. The van der Waals surface area contributed by atoms with Crippen LogP contribution in [0.25, 0.3) is 0 Å². The van der Waals surface area contributed by atoms with Crippen LogP contribution in [0.1, 0.15) is 5.56 Å². The maximum absolute atomic E-state index is 12.1. The van der Waals surface area contributed by atoms with Gasteiger partial charge in [-0.15, -0.1) is 0 Å². The standard InChI is InChI=1S/C12H13F6NOS/c13-11(14,15)8-20-6-5-19-7-9-1-3-10(4-2-9)21-12(16,17)18/h1-4,19H,5-8H2. The lowest BCUT2D eigenvalue weighted by Gasteiger charge is -2.09. The van der Waals surface area contributed by atoms with Crippen LogP contribution >= 0.6 is 11.8 Å². The highest BCUT2D eigenvalue weighted by Gasteiger charge is 2.29. The summed E-state index contributed by atoms with van der Waals surface area (Å²) in [4.78, 5) is 0.0831. The van der Waals surface area contributed by atoms with Crippen LogP contribution in [0.4, 0.5) is 26.3 Å². The van der Waals surface area contributed by atoms with Gasteiger partial charge in [0.05, 0.1) is 6.61 Å². The number of hydrogen-bond donors (Lipinski definition) is 1. The third-order valence-electron chi connectivity index (χ3n) is 2.17. The number of ether oxygens (including phenoxy) is 1. The normalized spacial score (nSPS) is 12.7. The maximum Gasteiger partial charge on any atom is 0.446 e. The third-order valence-corrected chi connectivity index (χ3v) is 2.91. The van der Waals surface area contributed by atoms with E-state index in [1.54, 1.807) is 0 Å². The zero-order chi connectivity index (χ0) is 15.9. The van der Waals surface area contributed by atoms with E-state index >= 15 is 0 Å². The molecule has 0 amide bonds. The van der Waals surface area contributed by atoms with Crippen molar-refractivity contribution in [2.75, 3.05) is 19.8 Å². The van der Waals surface area contributed by atoms with Gasteiger partial charge in [-0.25, -0.2) is 0 Å². The molecule has 21 heavy (non-hydrogen) atoms. The lowest BCUT2D eigenvalue weighted by Crippen LogP contribution is -2.23. The highest BCUT2D eigenvalue weighted by molar-refractivity contribution is 8.00. The summed E-state index contributed by atoms with van der Waals surface area (Å²) in [5, 5.41) is 2.83. The van der Waals surface area contributed by atoms with Crippen LogP contribution in [-0.2, 0) is 11.3 Å². The smallest absolute Gasteiger partial charge is 0.371 e. The zero-order valence-corrected chi connectivity index (χ0v) is 11.5. The molecule has 0 heterocycles. The first-order valence-corrected chi connectivity index (χ1v) is 6.67. The minimum Gasteiger partial charge on any atom is -0.371 e. The van der Waals surface area contributed by atoms with E-state index in [-0.39, 0.29) is 29.8 Å². The first-order chi connectivity index (χ1) is 9.66. The predicted octanol–water partition coefficient (Wildman–Crippen LogP) is 3.97. The number of halogens is 6. The SMILES string of the molecule is FC(F)(F)COCCNCc1ccc(SC(F)(F)F)cc1. The molecule has 0 fully saturated rings. The predicted molar refractivity (Wildman–Crippen MR) is 66.9 cm³/mol. The summed E-state index contributed by atoms with van der Waals surface area (Å²) in [5.74, 6) is 0. The Hall–Kier alpha value is -0.930. The maximum atomic E-state index is 12.1. The Kier molecular flexibility index (Phi) is 6.82. The average Bonchev–Trinajstić information content (AvgIpc) is 2.32. The van der Waals surface area contributed by atoms with Crippen molar-refractivity contribution < 1.29 is 31.1 Å². The Bertz CT molecular complexity index is 417. The fourth-order valence-corrected chi connectivity index (χ4v) is 1.91. The van der Waals surface area contributed by atoms with E-state index in [4.69, 9.17) is 0 Å². The molecule has 0 saturated heterocycles. The van der Waals surface area contributed by atoms with E-state index in [0.717, 1.165) is 5.56 Å². The molecule has 0 aliphatic rings. The first-order valence-electron chi connectivity index (χ1n) is 5.86. The van der Waals surface area contributed by atoms with Gasteiger partial charge in [0.2, 0.25) is 0 Å². The molecule has 0 aliphatic carbocycles. The summed E-state index contributed by atoms with van der Waals surface area (Å²) in [6.07, 6.45) is -4.34.